The van der Waals surface area contributed by atoms with E-state index >= 15 is 0 Å². The van der Waals surface area contributed by atoms with E-state index in [-0.39, 0.29) is 19.0 Å². The normalized spacial score (nSPS) is 11.7. The summed E-state index contributed by atoms with van der Waals surface area (Å²) in [6, 6.07) is 8.91. The summed E-state index contributed by atoms with van der Waals surface area (Å²) in [4.78, 5) is 26.8. The molecule has 0 aliphatic rings. The van der Waals surface area contributed by atoms with Crippen LogP contribution in [0, 0.1) is 6.92 Å². The molecule has 8 heteroatoms. The van der Waals surface area contributed by atoms with Gasteiger partial charge in [-0.25, -0.2) is 4.79 Å². The molecule has 0 aliphatic carbocycles. The van der Waals surface area contributed by atoms with Gasteiger partial charge in [0.25, 0.3) is 0 Å². The van der Waals surface area contributed by atoms with Gasteiger partial charge in [0.2, 0.25) is 5.89 Å². The van der Waals surface area contributed by atoms with E-state index in [4.69, 9.17) is 9.63 Å². The number of aliphatic carboxylic acids is 1. The highest BCUT2D eigenvalue weighted by molar-refractivity contribution is 5.74. The Labute approximate surface area is 139 Å². The summed E-state index contributed by atoms with van der Waals surface area (Å²) in [5.41, 5.74) is 1.03. The Hall–Kier alpha value is -2.90. The van der Waals surface area contributed by atoms with Crippen LogP contribution in [-0.2, 0) is 17.8 Å². The molecule has 3 N–H and O–H groups in total. The van der Waals surface area contributed by atoms with Gasteiger partial charge < -0.3 is 20.3 Å². The lowest BCUT2D eigenvalue weighted by Crippen LogP contribution is -2.43. The fourth-order valence-corrected chi connectivity index (χ4v) is 2.23. The van der Waals surface area contributed by atoms with Crippen molar-refractivity contribution in [3.63, 3.8) is 0 Å². The second-order valence-electron chi connectivity index (χ2n) is 5.38. The van der Waals surface area contributed by atoms with Crippen molar-refractivity contribution in [1.82, 2.24) is 20.8 Å². The Morgan fingerprint density at radius 2 is 2.04 bits per heavy atom. The summed E-state index contributed by atoms with van der Waals surface area (Å²) in [7, 11) is 0. The standard InChI is InChI=1S/C16H20N4O4/c1-11-18-14(20-24-11)10-17-16(23)19-13(7-8-15(21)22)9-12-5-3-2-4-6-12/h2-6,13H,7-10H2,1H3,(H,21,22)(H2,17,19,23). The molecule has 2 amide bonds. The number of carboxylic acid groups (broad SMARTS) is 1. The Morgan fingerprint density at radius 1 is 1.29 bits per heavy atom. The summed E-state index contributed by atoms with van der Waals surface area (Å²) >= 11 is 0. The molecule has 0 saturated carbocycles. The number of hydrogen-bond donors (Lipinski definition) is 3. The number of benzene rings is 1. The van der Waals surface area contributed by atoms with Gasteiger partial charge in [-0.3, -0.25) is 4.79 Å². The zero-order chi connectivity index (χ0) is 17.4. The smallest absolute Gasteiger partial charge is 0.315 e. The summed E-state index contributed by atoms with van der Waals surface area (Å²) in [6.07, 6.45) is 0.893. The highest BCUT2D eigenvalue weighted by atomic mass is 16.5. The first kappa shape index (κ1) is 17.5. The van der Waals surface area contributed by atoms with E-state index in [1.165, 1.54) is 0 Å². The number of urea groups is 1. The highest BCUT2D eigenvalue weighted by Gasteiger charge is 2.15. The van der Waals surface area contributed by atoms with Crippen molar-refractivity contribution in [2.24, 2.45) is 0 Å². The van der Waals surface area contributed by atoms with Gasteiger partial charge in [-0.05, 0) is 18.4 Å². The predicted octanol–water partition coefficient (Wildman–Crippen LogP) is 1.65. The summed E-state index contributed by atoms with van der Waals surface area (Å²) in [5.74, 6) is -0.0824. The first-order chi connectivity index (χ1) is 11.5. The maximum Gasteiger partial charge on any atom is 0.315 e. The molecule has 2 aromatic rings. The van der Waals surface area contributed by atoms with Crippen molar-refractivity contribution >= 4 is 12.0 Å². The third kappa shape index (κ3) is 6.07. The fourth-order valence-electron chi connectivity index (χ4n) is 2.23. The number of nitrogens with one attached hydrogen (secondary N) is 2. The fraction of sp³-hybridized carbons (Fsp3) is 0.375. The van der Waals surface area contributed by atoms with E-state index in [2.05, 4.69) is 20.8 Å². The molecule has 0 aliphatic heterocycles. The summed E-state index contributed by atoms with van der Waals surface area (Å²) in [5, 5.41) is 18.0. The summed E-state index contributed by atoms with van der Waals surface area (Å²) in [6.45, 7) is 1.80. The van der Waals surface area contributed by atoms with Gasteiger partial charge in [-0.2, -0.15) is 4.98 Å². The van der Waals surface area contributed by atoms with Gasteiger partial charge in [0.1, 0.15) is 0 Å². The first-order valence-electron chi connectivity index (χ1n) is 7.62. The van der Waals surface area contributed by atoms with Gasteiger partial charge >= 0.3 is 12.0 Å². The van der Waals surface area contributed by atoms with Gasteiger partial charge in [-0.1, -0.05) is 35.5 Å². The van der Waals surface area contributed by atoms with Crippen LogP contribution in [0.4, 0.5) is 4.79 Å². The van der Waals surface area contributed by atoms with E-state index in [0.717, 1.165) is 5.56 Å². The van der Waals surface area contributed by atoms with Crippen molar-refractivity contribution < 1.29 is 19.2 Å². The van der Waals surface area contributed by atoms with Crippen LogP contribution < -0.4 is 10.6 Å². The Kier molecular flexibility index (Phi) is 6.30. The lowest BCUT2D eigenvalue weighted by Gasteiger charge is -2.18. The number of aryl methyl sites for hydroxylation is 1. The number of nitrogens with zero attached hydrogens (tertiary/aromatic N) is 2. The molecular weight excluding hydrogens is 312 g/mol. The third-order valence-electron chi connectivity index (χ3n) is 3.34. The lowest BCUT2D eigenvalue weighted by atomic mass is 10.0. The zero-order valence-electron chi connectivity index (χ0n) is 13.4. The Balaban J connectivity index is 1.88. The molecule has 0 fully saturated rings. The summed E-state index contributed by atoms with van der Waals surface area (Å²) < 4.78 is 4.82. The van der Waals surface area contributed by atoms with Crippen LogP contribution in [0.5, 0.6) is 0 Å². The molecule has 1 atom stereocenters. The third-order valence-corrected chi connectivity index (χ3v) is 3.34. The molecule has 0 bridgehead atoms. The van der Waals surface area contributed by atoms with Crippen LogP contribution in [0.3, 0.4) is 0 Å². The maximum absolute atomic E-state index is 12.0. The van der Waals surface area contributed by atoms with Crippen LogP contribution in [0.2, 0.25) is 0 Å². The van der Waals surface area contributed by atoms with Crippen LogP contribution in [0.1, 0.15) is 30.1 Å². The van der Waals surface area contributed by atoms with Gasteiger partial charge in [0.15, 0.2) is 5.82 Å². The van der Waals surface area contributed by atoms with Crippen LogP contribution in [0.25, 0.3) is 0 Å². The molecule has 8 nitrogen and oxygen atoms in total. The molecule has 0 saturated heterocycles. The molecule has 1 unspecified atom stereocenters. The van der Waals surface area contributed by atoms with E-state index in [0.29, 0.717) is 24.6 Å². The minimum absolute atomic E-state index is 0.0121. The average molecular weight is 332 g/mol. The van der Waals surface area contributed by atoms with Crippen LogP contribution in [-0.4, -0.2) is 33.3 Å². The zero-order valence-corrected chi connectivity index (χ0v) is 13.4. The second kappa shape index (κ2) is 8.66. The monoisotopic (exact) mass is 332 g/mol. The van der Waals surface area contributed by atoms with E-state index in [1.54, 1.807) is 6.92 Å². The molecule has 24 heavy (non-hydrogen) atoms. The Bertz CT molecular complexity index is 672. The number of carboxylic acids is 1. The van der Waals surface area contributed by atoms with Gasteiger partial charge in [0, 0.05) is 19.4 Å². The van der Waals surface area contributed by atoms with Crippen molar-refractivity contribution in [3.8, 4) is 0 Å². The van der Waals surface area contributed by atoms with Gasteiger partial charge in [-0.15, -0.1) is 0 Å². The molecule has 1 aromatic heterocycles. The van der Waals surface area contributed by atoms with E-state index < -0.39 is 12.0 Å². The number of carbonyl (C=O) groups is 2. The lowest BCUT2D eigenvalue weighted by molar-refractivity contribution is -0.137. The molecule has 2 rings (SSSR count). The minimum atomic E-state index is -0.891. The van der Waals surface area contributed by atoms with Crippen LogP contribution >= 0.6 is 0 Å². The minimum Gasteiger partial charge on any atom is -0.481 e. The molecule has 1 heterocycles. The molecule has 1 aromatic carbocycles. The first-order valence-corrected chi connectivity index (χ1v) is 7.62. The topological polar surface area (TPSA) is 117 Å². The predicted molar refractivity (Wildman–Crippen MR) is 85.2 cm³/mol. The van der Waals surface area contributed by atoms with Crippen molar-refractivity contribution in [3.05, 3.63) is 47.6 Å². The number of rotatable bonds is 8. The molecule has 128 valence electrons. The Morgan fingerprint density at radius 3 is 2.67 bits per heavy atom. The number of amides is 2. The van der Waals surface area contributed by atoms with Crippen molar-refractivity contribution in [1.29, 1.82) is 0 Å². The average Bonchev–Trinajstić information content (AvgIpc) is 2.97. The molecule has 0 radical (unpaired) electrons. The largest absolute Gasteiger partial charge is 0.481 e. The molecular formula is C16H20N4O4. The maximum atomic E-state index is 12.0. The van der Waals surface area contributed by atoms with Crippen molar-refractivity contribution in [2.75, 3.05) is 0 Å². The number of aromatic nitrogens is 2. The van der Waals surface area contributed by atoms with Gasteiger partial charge in [0.05, 0.1) is 6.54 Å². The highest BCUT2D eigenvalue weighted by Crippen LogP contribution is 2.08. The van der Waals surface area contributed by atoms with E-state index in [9.17, 15) is 9.59 Å². The molecule has 0 spiro atoms. The van der Waals surface area contributed by atoms with Crippen LogP contribution in [0.15, 0.2) is 34.9 Å². The van der Waals surface area contributed by atoms with Crippen molar-refractivity contribution in [2.45, 2.75) is 38.8 Å². The second-order valence-corrected chi connectivity index (χ2v) is 5.38. The SMILES string of the molecule is Cc1nc(CNC(=O)NC(CCC(=O)O)Cc2ccccc2)no1. The van der Waals surface area contributed by atoms with E-state index in [1.807, 2.05) is 30.3 Å². The number of hydrogen-bond acceptors (Lipinski definition) is 5. The quantitative estimate of drug-likeness (QED) is 0.676. The number of carbonyl (C=O) groups excluding carboxylic acids is 1.